The van der Waals surface area contributed by atoms with Gasteiger partial charge in [0.25, 0.3) is 5.91 Å². The number of pyridine rings is 1. The van der Waals surface area contributed by atoms with Crippen LogP contribution in [0.3, 0.4) is 0 Å². The van der Waals surface area contributed by atoms with Crippen molar-refractivity contribution in [3.05, 3.63) is 30.1 Å². The maximum Gasteiger partial charge on any atom is 0.252 e. The van der Waals surface area contributed by atoms with E-state index in [0.29, 0.717) is 12.1 Å². The average molecular weight is 235 g/mol. The Balaban J connectivity index is 1.80. The monoisotopic (exact) mass is 235 g/mol. The maximum atomic E-state index is 11.7. The fraction of sp³-hybridized carbons (Fsp3) is 0.500. The predicted octanol–water partition coefficient (Wildman–Crippen LogP) is 0.142. The fourth-order valence-electron chi connectivity index (χ4n) is 1.80. The van der Waals surface area contributed by atoms with E-state index in [2.05, 4.69) is 22.2 Å². The predicted molar refractivity (Wildman–Crippen MR) is 63.8 cm³/mol. The molecule has 0 aliphatic carbocycles. The topological polar surface area (TPSA) is 54.5 Å². The maximum absolute atomic E-state index is 11.7. The van der Waals surface area contributed by atoms with E-state index >= 15 is 0 Å². The SMILES string of the molecule is CN1CCOC(CNC(=O)c2cccnc2)C1. The zero-order valence-electron chi connectivity index (χ0n) is 9.93. The van der Waals surface area contributed by atoms with Gasteiger partial charge in [0, 0.05) is 32.0 Å². The van der Waals surface area contributed by atoms with E-state index in [1.54, 1.807) is 24.5 Å². The first-order chi connectivity index (χ1) is 8.25. The summed E-state index contributed by atoms with van der Waals surface area (Å²) in [4.78, 5) is 17.9. The van der Waals surface area contributed by atoms with Crippen LogP contribution in [0.1, 0.15) is 10.4 Å². The van der Waals surface area contributed by atoms with Gasteiger partial charge >= 0.3 is 0 Å². The molecule has 2 heterocycles. The van der Waals surface area contributed by atoms with Crippen LogP contribution in [-0.2, 0) is 4.74 Å². The first-order valence-corrected chi connectivity index (χ1v) is 5.74. The van der Waals surface area contributed by atoms with Crippen molar-refractivity contribution >= 4 is 5.91 Å². The quantitative estimate of drug-likeness (QED) is 0.810. The number of morpholine rings is 1. The summed E-state index contributed by atoms with van der Waals surface area (Å²) < 4.78 is 5.56. The largest absolute Gasteiger partial charge is 0.374 e. The zero-order chi connectivity index (χ0) is 12.1. The molecule has 92 valence electrons. The molecule has 1 saturated heterocycles. The number of hydrogen-bond donors (Lipinski definition) is 1. The average Bonchev–Trinajstić information content (AvgIpc) is 2.37. The lowest BCUT2D eigenvalue weighted by Crippen LogP contribution is -2.45. The Hall–Kier alpha value is -1.46. The molecule has 2 rings (SSSR count). The second kappa shape index (κ2) is 5.75. The van der Waals surface area contributed by atoms with Gasteiger partial charge in [-0.05, 0) is 19.2 Å². The minimum atomic E-state index is -0.102. The standard InChI is InChI=1S/C12H17N3O2/c1-15-5-6-17-11(9-15)8-14-12(16)10-3-2-4-13-7-10/h2-4,7,11H,5-6,8-9H2,1H3,(H,14,16). The molecule has 1 amide bonds. The summed E-state index contributed by atoms with van der Waals surface area (Å²) in [6.45, 7) is 3.07. The van der Waals surface area contributed by atoms with Crippen LogP contribution < -0.4 is 5.32 Å². The van der Waals surface area contributed by atoms with Crippen molar-refractivity contribution in [2.75, 3.05) is 33.3 Å². The van der Waals surface area contributed by atoms with E-state index in [1.807, 2.05) is 0 Å². The summed E-state index contributed by atoms with van der Waals surface area (Å²) >= 11 is 0. The number of rotatable bonds is 3. The Labute approximate surface area is 101 Å². The van der Waals surface area contributed by atoms with Crippen LogP contribution in [0.4, 0.5) is 0 Å². The lowest BCUT2D eigenvalue weighted by Gasteiger charge is -2.30. The summed E-state index contributed by atoms with van der Waals surface area (Å²) in [5.74, 6) is -0.102. The van der Waals surface area contributed by atoms with Crippen LogP contribution in [0.25, 0.3) is 0 Å². The second-order valence-electron chi connectivity index (χ2n) is 4.21. The van der Waals surface area contributed by atoms with Gasteiger partial charge in [-0.2, -0.15) is 0 Å². The molecule has 1 atom stereocenters. The molecular weight excluding hydrogens is 218 g/mol. The minimum absolute atomic E-state index is 0.0781. The van der Waals surface area contributed by atoms with Gasteiger partial charge in [-0.3, -0.25) is 9.78 Å². The highest BCUT2D eigenvalue weighted by molar-refractivity contribution is 5.93. The molecule has 1 fully saturated rings. The van der Waals surface area contributed by atoms with Gasteiger partial charge in [-0.1, -0.05) is 0 Å². The third-order valence-electron chi connectivity index (χ3n) is 2.76. The highest BCUT2D eigenvalue weighted by Gasteiger charge is 2.18. The molecule has 5 heteroatoms. The van der Waals surface area contributed by atoms with Crippen molar-refractivity contribution in [1.82, 2.24) is 15.2 Å². The van der Waals surface area contributed by atoms with Crippen LogP contribution in [0.2, 0.25) is 0 Å². The Kier molecular flexibility index (Phi) is 4.06. The van der Waals surface area contributed by atoms with Crippen LogP contribution in [0, 0.1) is 0 Å². The number of nitrogens with zero attached hydrogens (tertiary/aromatic N) is 2. The number of hydrogen-bond acceptors (Lipinski definition) is 4. The second-order valence-corrected chi connectivity index (χ2v) is 4.21. The van der Waals surface area contributed by atoms with Gasteiger partial charge in [0.2, 0.25) is 0 Å². The number of carbonyl (C=O) groups excluding carboxylic acids is 1. The molecule has 0 spiro atoms. The van der Waals surface area contributed by atoms with Gasteiger partial charge in [-0.25, -0.2) is 0 Å². The van der Waals surface area contributed by atoms with Crippen LogP contribution in [-0.4, -0.2) is 55.2 Å². The fourth-order valence-corrected chi connectivity index (χ4v) is 1.80. The smallest absolute Gasteiger partial charge is 0.252 e. The third-order valence-corrected chi connectivity index (χ3v) is 2.76. The highest BCUT2D eigenvalue weighted by atomic mass is 16.5. The number of likely N-dealkylation sites (N-methyl/N-ethyl adjacent to an activating group) is 1. The first-order valence-electron chi connectivity index (χ1n) is 5.74. The summed E-state index contributed by atoms with van der Waals surface area (Å²) in [5, 5.41) is 2.86. The lowest BCUT2D eigenvalue weighted by molar-refractivity contribution is -0.0175. The van der Waals surface area contributed by atoms with E-state index in [1.165, 1.54) is 0 Å². The van der Waals surface area contributed by atoms with Crippen molar-refractivity contribution in [2.24, 2.45) is 0 Å². The molecule has 1 aromatic heterocycles. The summed E-state index contributed by atoms with van der Waals surface area (Å²) in [7, 11) is 2.05. The number of aromatic nitrogens is 1. The molecule has 1 aliphatic heterocycles. The Morgan fingerprint density at radius 3 is 3.29 bits per heavy atom. The molecule has 17 heavy (non-hydrogen) atoms. The van der Waals surface area contributed by atoms with Crippen molar-refractivity contribution in [2.45, 2.75) is 6.10 Å². The third kappa shape index (κ3) is 3.51. The summed E-state index contributed by atoms with van der Waals surface area (Å²) in [5.41, 5.74) is 0.580. The normalized spacial score (nSPS) is 21.1. The molecular formula is C12H17N3O2. The van der Waals surface area contributed by atoms with Crippen molar-refractivity contribution in [3.8, 4) is 0 Å². The lowest BCUT2D eigenvalue weighted by atomic mass is 10.2. The minimum Gasteiger partial charge on any atom is -0.374 e. The Morgan fingerprint density at radius 2 is 2.59 bits per heavy atom. The number of amides is 1. The van der Waals surface area contributed by atoms with Gasteiger partial charge in [0.15, 0.2) is 0 Å². The first kappa shape index (κ1) is 12.0. The number of ether oxygens (including phenoxy) is 1. The van der Waals surface area contributed by atoms with E-state index in [0.717, 1.165) is 19.7 Å². The van der Waals surface area contributed by atoms with Crippen LogP contribution in [0.5, 0.6) is 0 Å². The van der Waals surface area contributed by atoms with E-state index in [9.17, 15) is 4.79 Å². The van der Waals surface area contributed by atoms with Gasteiger partial charge < -0.3 is 15.0 Å². The Morgan fingerprint density at radius 1 is 1.71 bits per heavy atom. The highest BCUT2D eigenvalue weighted by Crippen LogP contribution is 2.02. The van der Waals surface area contributed by atoms with Crippen LogP contribution in [0.15, 0.2) is 24.5 Å². The molecule has 5 nitrogen and oxygen atoms in total. The van der Waals surface area contributed by atoms with Gasteiger partial charge in [0.1, 0.15) is 0 Å². The van der Waals surface area contributed by atoms with Gasteiger partial charge in [-0.15, -0.1) is 0 Å². The summed E-state index contributed by atoms with van der Waals surface area (Å²) in [6.07, 6.45) is 3.29. The molecule has 0 bridgehead atoms. The molecule has 0 radical (unpaired) electrons. The zero-order valence-corrected chi connectivity index (χ0v) is 9.93. The Bertz CT molecular complexity index is 369. The van der Waals surface area contributed by atoms with Crippen molar-refractivity contribution < 1.29 is 9.53 Å². The van der Waals surface area contributed by atoms with E-state index in [4.69, 9.17) is 4.74 Å². The van der Waals surface area contributed by atoms with E-state index < -0.39 is 0 Å². The van der Waals surface area contributed by atoms with Gasteiger partial charge in [0.05, 0.1) is 18.3 Å². The molecule has 1 N–H and O–H groups in total. The van der Waals surface area contributed by atoms with Crippen molar-refractivity contribution in [3.63, 3.8) is 0 Å². The van der Waals surface area contributed by atoms with Crippen LogP contribution >= 0.6 is 0 Å². The van der Waals surface area contributed by atoms with Crippen molar-refractivity contribution in [1.29, 1.82) is 0 Å². The molecule has 1 aliphatic rings. The molecule has 0 aromatic carbocycles. The molecule has 1 aromatic rings. The summed E-state index contributed by atoms with van der Waals surface area (Å²) in [6, 6.07) is 3.50. The van der Waals surface area contributed by atoms with E-state index in [-0.39, 0.29) is 12.0 Å². The molecule has 1 unspecified atom stereocenters. The molecule has 0 saturated carbocycles. The number of nitrogens with one attached hydrogen (secondary N) is 1. The number of carbonyl (C=O) groups is 1.